The monoisotopic (exact) mass is 752 g/mol. The number of hydrogen-bond donors (Lipinski definition) is 0. The highest BCUT2D eigenvalue weighted by Gasteiger charge is 2.25. The first-order chi connectivity index (χ1) is 25.6. The van der Waals surface area contributed by atoms with E-state index in [1.807, 2.05) is 0 Å². The first-order valence-corrected chi connectivity index (χ1v) is 22.2. The highest BCUT2D eigenvalue weighted by Crippen LogP contribution is 2.15. The summed E-state index contributed by atoms with van der Waals surface area (Å²) in [4.78, 5) is 36.8. The van der Waals surface area contributed by atoms with Crippen LogP contribution in [0.3, 0.4) is 0 Å². The Morgan fingerprint density at radius 1 is 0.547 bits per heavy atom. The molecular formula is C45H85NO7. The molecule has 8 heteroatoms. The van der Waals surface area contributed by atoms with Crippen LogP contribution in [-0.2, 0) is 28.6 Å². The van der Waals surface area contributed by atoms with Crippen LogP contribution in [0.4, 0.5) is 0 Å². The summed E-state index contributed by atoms with van der Waals surface area (Å²) in [5, 5.41) is 11.6. The number of carboxylic acid groups (broad SMARTS) is 1. The topological polar surface area (TPSA) is 102 Å². The van der Waals surface area contributed by atoms with Gasteiger partial charge in [-0.05, 0) is 38.5 Å². The van der Waals surface area contributed by atoms with E-state index in [9.17, 15) is 19.5 Å². The molecule has 0 aliphatic heterocycles. The first-order valence-electron chi connectivity index (χ1n) is 22.2. The number of allylic oxidation sites excluding steroid dienone is 2. The van der Waals surface area contributed by atoms with Crippen LogP contribution in [0.1, 0.15) is 206 Å². The third-order valence-corrected chi connectivity index (χ3v) is 10.2. The number of rotatable bonds is 40. The van der Waals surface area contributed by atoms with Crippen LogP contribution < -0.4 is 5.11 Å². The molecule has 0 spiro atoms. The van der Waals surface area contributed by atoms with Crippen LogP contribution >= 0.6 is 0 Å². The fourth-order valence-corrected chi connectivity index (χ4v) is 6.65. The van der Waals surface area contributed by atoms with Crippen LogP contribution in [0.15, 0.2) is 12.2 Å². The molecule has 0 aromatic heterocycles. The number of hydrogen-bond acceptors (Lipinski definition) is 7. The Bertz CT molecular complexity index is 885. The fraction of sp³-hybridized carbons (Fsp3) is 0.889. The second-order valence-corrected chi connectivity index (χ2v) is 16.3. The quantitative estimate of drug-likeness (QED) is 0.0266. The molecule has 53 heavy (non-hydrogen) atoms. The van der Waals surface area contributed by atoms with Crippen molar-refractivity contribution in [2.24, 2.45) is 0 Å². The summed E-state index contributed by atoms with van der Waals surface area (Å²) < 4.78 is 17.2. The number of aliphatic carboxylic acids is 1. The summed E-state index contributed by atoms with van der Waals surface area (Å²) in [5.41, 5.74) is 0. The normalized spacial score (nSPS) is 13.0. The Morgan fingerprint density at radius 3 is 1.36 bits per heavy atom. The lowest BCUT2D eigenvalue weighted by atomic mass is 10.0. The minimum Gasteiger partial charge on any atom is -0.544 e. The Labute approximate surface area is 327 Å². The molecule has 8 nitrogen and oxygen atoms in total. The maximum Gasteiger partial charge on any atom is 0.306 e. The molecule has 0 N–H and O–H groups in total. The van der Waals surface area contributed by atoms with Crippen molar-refractivity contribution in [2.75, 3.05) is 41.0 Å². The van der Waals surface area contributed by atoms with Gasteiger partial charge in [0.15, 0.2) is 6.10 Å². The van der Waals surface area contributed by atoms with Crippen LogP contribution in [0.2, 0.25) is 0 Å². The Morgan fingerprint density at radius 2 is 0.943 bits per heavy atom. The van der Waals surface area contributed by atoms with Crippen molar-refractivity contribution in [3.63, 3.8) is 0 Å². The number of quaternary nitrogens is 1. The van der Waals surface area contributed by atoms with E-state index in [0.29, 0.717) is 12.8 Å². The number of nitrogens with zero attached hydrogens (tertiary/aromatic N) is 1. The van der Waals surface area contributed by atoms with Crippen molar-refractivity contribution in [3.05, 3.63) is 12.2 Å². The van der Waals surface area contributed by atoms with E-state index in [-0.39, 0.29) is 42.7 Å². The lowest BCUT2D eigenvalue weighted by molar-refractivity contribution is -0.889. The van der Waals surface area contributed by atoms with Gasteiger partial charge in [0.1, 0.15) is 12.6 Å². The largest absolute Gasteiger partial charge is 0.544 e. The van der Waals surface area contributed by atoms with Gasteiger partial charge in [0, 0.05) is 19.3 Å². The van der Waals surface area contributed by atoms with Gasteiger partial charge in [0.05, 0.1) is 40.3 Å². The van der Waals surface area contributed by atoms with Crippen molar-refractivity contribution in [2.45, 2.75) is 219 Å². The molecule has 0 aromatic carbocycles. The predicted octanol–water partition coefficient (Wildman–Crippen LogP) is 10.6. The second kappa shape index (κ2) is 37.0. The second-order valence-electron chi connectivity index (χ2n) is 16.3. The van der Waals surface area contributed by atoms with Gasteiger partial charge < -0.3 is 28.6 Å². The lowest BCUT2D eigenvalue weighted by Crippen LogP contribution is -2.55. The minimum atomic E-state index is -1.12. The standard InChI is InChI=1S/C45H85NO7/c1-6-8-10-12-14-16-18-20-21-22-24-26-28-30-32-34-36-44(48)53-41(39-51-38-37-42(45(49)50)46(3,4)5)40-52-43(47)35-33-31-29-27-25-23-19-17-15-13-11-9-7-2/h21-22,41-42H,6-20,23-40H2,1-5H3/b22-21-. The van der Waals surface area contributed by atoms with Crippen LogP contribution in [0.25, 0.3) is 0 Å². The maximum atomic E-state index is 12.7. The molecule has 0 heterocycles. The van der Waals surface area contributed by atoms with E-state index in [1.165, 1.54) is 122 Å². The molecular weight excluding hydrogens is 666 g/mol. The van der Waals surface area contributed by atoms with Crippen molar-refractivity contribution < 1.29 is 38.2 Å². The van der Waals surface area contributed by atoms with E-state index in [2.05, 4.69) is 26.0 Å². The van der Waals surface area contributed by atoms with Crippen LogP contribution in [0, 0.1) is 0 Å². The zero-order chi connectivity index (χ0) is 39.3. The van der Waals surface area contributed by atoms with Gasteiger partial charge in [-0.25, -0.2) is 0 Å². The smallest absolute Gasteiger partial charge is 0.306 e. The van der Waals surface area contributed by atoms with E-state index in [0.717, 1.165) is 51.4 Å². The number of unbranched alkanes of at least 4 members (excludes halogenated alkanes) is 24. The molecule has 0 aliphatic rings. The molecule has 2 atom stereocenters. The van der Waals surface area contributed by atoms with Crippen molar-refractivity contribution in [1.82, 2.24) is 0 Å². The molecule has 312 valence electrons. The summed E-state index contributed by atoms with van der Waals surface area (Å²) in [6.45, 7) is 4.67. The molecule has 0 radical (unpaired) electrons. The third kappa shape index (κ3) is 35.5. The molecule has 0 aromatic rings. The molecule has 0 saturated carbocycles. The van der Waals surface area contributed by atoms with Gasteiger partial charge >= 0.3 is 11.9 Å². The number of carboxylic acids is 1. The number of carbonyl (C=O) groups is 3. The maximum absolute atomic E-state index is 12.7. The van der Waals surface area contributed by atoms with Gasteiger partial charge in [-0.2, -0.15) is 0 Å². The van der Waals surface area contributed by atoms with Crippen molar-refractivity contribution in [3.8, 4) is 0 Å². The van der Waals surface area contributed by atoms with E-state index >= 15 is 0 Å². The zero-order valence-corrected chi connectivity index (χ0v) is 35.4. The van der Waals surface area contributed by atoms with Crippen molar-refractivity contribution >= 4 is 17.9 Å². The summed E-state index contributed by atoms with van der Waals surface area (Å²) in [6.07, 6.45) is 38.0. The van der Waals surface area contributed by atoms with Gasteiger partial charge in [0.2, 0.25) is 0 Å². The fourth-order valence-electron chi connectivity index (χ4n) is 6.65. The average molecular weight is 752 g/mol. The minimum absolute atomic E-state index is 0.0428. The van der Waals surface area contributed by atoms with E-state index < -0.39 is 18.1 Å². The molecule has 0 rings (SSSR count). The van der Waals surface area contributed by atoms with Crippen LogP contribution in [0.5, 0.6) is 0 Å². The molecule has 0 bridgehead atoms. The first kappa shape index (κ1) is 51.1. The van der Waals surface area contributed by atoms with Crippen molar-refractivity contribution in [1.29, 1.82) is 0 Å². The number of esters is 2. The number of ether oxygens (including phenoxy) is 3. The molecule has 2 unspecified atom stereocenters. The Balaban J connectivity index is 4.33. The van der Waals surface area contributed by atoms with Gasteiger partial charge in [-0.15, -0.1) is 0 Å². The molecule has 0 aliphatic carbocycles. The number of carbonyl (C=O) groups excluding carboxylic acids is 3. The van der Waals surface area contributed by atoms with E-state index in [4.69, 9.17) is 14.2 Å². The van der Waals surface area contributed by atoms with Gasteiger partial charge in [-0.1, -0.05) is 161 Å². The molecule has 0 saturated heterocycles. The average Bonchev–Trinajstić information content (AvgIpc) is 3.11. The summed E-state index contributed by atoms with van der Waals surface area (Å²) in [6, 6.07) is -0.722. The summed E-state index contributed by atoms with van der Waals surface area (Å²) >= 11 is 0. The Hall–Kier alpha value is -1.93. The molecule has 0 amide bonds. The lowest BCUT2D eigenvalue weighted by Gasteiger charge is -2.34. The predicted molar refractivity (Wildman–Crippen MR) is 217 cm³/mol. The molecule has 0 fully saturated rings. The van der Waals surface area contributed by atoms with Gasteiger partial charge in [-0.3, -0.25) is 9.59 Å². The summed E-state index contributed by atoms with van der Waals surface area (Å²) in [7, 11) is 5.41. The van der Waals surface area contributed by atoms with E-state index in [1.54, 1.807) is 21.1 Å². The van der Waals surface area contributed by atoms with Crippen LogP contribution in [-0.4, -0.2) is 75.5 Å². The Kier molecular flexibility index (Phi) is 35.7. The number of likely N-dealkylation sites (N-methyl/N-ethyl adjacent to an activating group) is 1. The summed E-state index contributed by atoms with van der Waals surface area (Å²) in [5.74, 6) is -1.73. The zero-order valence-electron chi connectivity index (χ0n) is 35.4. The van der Waals surface area contributed by atoms with Gasteiger partial charge in [0.25, 0.3) is 0 Å². The SMILES string of the molecule is CCCCCCCCC/C=C\CCCCCCCC(=O)OC(COCCC(C(=O)[O-])[N+](C)(C)C)COC(=O)CCCCCCCCCCCCCCC. The highest BCUT2D eigenvalue weighted by atomic mass is 16.6. The highest BCUT2D eigenvalue weighted by molar-refractivity contribution is 5.70. The third-order valence-electron chi connectivity index (χ3n) is 10.2.